The number of benzene rings is 1. The van der Waals surface area contributed by atoms with Crippen LogP contribution in [0.2, 0.25) is 0 Å². The van der Waals surface area contributed by atoms with Crippen molar-refractivity contribution < 1.29 is 0 Å². The van der Waals surface area contributed by atoms with Crippen LogP contribution >= 0.6 is 11.3 Å². The van der Waals surface area contributed by atoms with Crippen molar-refractivity contribution in [1.29, 1.82) is 0 Å². The third kappa shape index (κ3) is 1.75. The van der Waals surface area contributed by atoms with Crippen molar-refractivity contribution in [3.8, 4) is 10.6 Å². The summed E-state index contributed by atoms with van der Waals surface area (Å²) >= 11 is 1.62. The molecule has 2 nitrogen and oxygen atoms in total. The largest absolute Gasteiger partial charge is 0.147 e. The molecule has 0 spiro atoms. The van der Waals surface area contributed by atoms with Gasteiger partial charge < -0.3 is 0 Å². The first-order valence-electron chi connectivity index (χ1n) is 4.13. The highest BCUT2D eigenvalue weighted by molar-refractivity contribution is 7.14. The molecule has 0 aliphatic carbocycles. The third-order valence-electron chi connectivity index (χ3n) is 1.82. The lowest BCUT2D eigenvalue weighted by Crippen LogP contribution is -1.77. The molecule has 0 N–H and O–H groups in total. The molecule has 0 bridgehead atoms. The van der Waals surface area contributed by atoms with Crippen molar-refractivity contribution in [2.75, 3.05) is 0 Å². The van der Waals surface area contributed by atoms with E-state index in [1.807, 2.05) is 6.92 Å². The van der Waals surface area contributed by atoms with E-state index < -0.39 is 0 Å². The van der Waals surface area contributed by atoms with Crippen LogP contribution in [0, 0.1) is 13.8 Å². The molecule has 0 radical (unpaired) electrons. The standard InChI is InChI=1S/C10H10N2S/c1-7-3-5-9(6-4-7)10-12-11-8(2)13-10/h3-6H,1-2H3. The van der Waals surface area contributed by atoms with Crippen molar-refractivity contribution in [2.24, 2.45) is 0 Å². The van der Waals surface area contributed by atoms with Crippen LogP contribution in [-0.2, 0) is 0 Å². The molecule has 0 saturated carbocycles. The van der Waals surface area contributed by atoms with E-state index in [-0.39, 0.29) is 0 Å². The Bertz CT molecular complexity index is 403. The fourth-order valence-electron chi connectivity index (χ4n) is 1.11. The fourth-order valence-corrected chi connectivity index (χ4v) is 1.81. The summed E-state index contributed by atoms with van der Waals surface area (Å²) in [6.45, 7) is 4.05. The lowest BCUT2D eigenvalue weighted by atomic mass is 10.2. The third-order valence-corrected chi connectivity index (χ3v) is 2.71. The molecule has 0 amide bonds. The second kappa shape index (κ2) is 3.26. The molecule has 3 heteroatoms. The van der Waals surface area contributed by atoms with Crippen molar-refractivity contribution in [2.45, 2.75) is 13.8 Å². The van der Waals surface area contributed by atoms with Gasteiger partial charge in [-0.1, -0.05) is 41.2 Å². The summed E-state index contributed by atoms with van der Waals surface area (Å²) in [5.41, 5.74) is 2.42. The second-order valence-corrected chi connectivity index (χ2v) is 4.17. The van der Waals surface area contributed by atoms with E-state index in [0.29, 0.717) is 0 Å². The van der Waals surface area contributed by atoms with Gasteiger partial charge in [-0.2, -0.15) is 0 Å². The second-order valence-electron chi connectivity index (χ2n) is 2.99. The summed E-state index contributed by atoms with van der Waals surface area (Å²) in [5, 5.41) is 10.1. The summed E-state index contributed by atoms with van der Waals surface area (Å²) in [5.74, 6) is 0. The molecule has 13 heavy (non-hydrogen) atoms. The minimum atomic E-state index is 0.998. The topological polar surface area (TPSA) is 25.8 Å². The average molecular weight is 190 g/mol. The number of aromatic nitrogens is 2. The van der Waals surface area contributed by atoms with Gasteiger partial charge in [0, 0.05) is 5.56 Å². The number of nitrogens with zero attached hydrogens (tertiary/aromatic N) is 2. The van der Waals surface area contributed by atoms with E-state index in [1.165, 1.54) is 5.56 Å². The van der Waals surface area contributed by atoms with E-state index in [9.17, 15) is 0 Å². The van der Waals surface area contributed by atoms with Gasteiger partial charge in [-0.25, -0.2) is 0 Å². The smallest absolute Gasteiger partial charge is 0.143 e. The maximum Gasteiger partial charge on any atom is 0.147 e. The van der Waals surface area contributed by atoms with Crippen LogP contribution in [0.5, 0.6) is 0 Å². The van der Waals surface area contributed by atoms with Crippen LogP contribution < -0.4 is 0 Å². The van der Waals surface area contributed by atoms with Gasteiger partial charge in [0.1, 0.15) is 10.0 Å². The van der Waals surface area contributed by atoms with Crippen molar-refractivity contribution >= 4 is 11.3 Å². The van der Waals surface area contributed by atoms with Crippen LogP contribution in [0.1, 0.15) is 10.6 Å². The van der Waals surface area contributed by atoms with Crippen LogP contribution in [0.3, 0.4) is 0 Å². The Morgan fingerprint density at radius 3 is 2.23 bits per heavy atom. The van der Waals surface area contributed by atoms with Crippen molar-refractivity contribution in [3.05, 3.63) is 34.8 Å². The Morgan fingerprint density at radius 1 is 1.00 bits per heavy atom. The predicted octanol–water partition coefficient (Wildman–Crippen LogP) is 2.82. The van der Waals surface area contributed by atoms with Crippen molar-refractivity contribution in [3.63, 3.8) is 0 Å². The molecule has 0 aliphatic rings. The highest BCUT2D eigenvalue weighted by Crippen LogP contribution is 2.22. The first-order valence-corrected chi connectivity index (χ1v) is 4.94. The van der Waals surface area contributed by atoms with Gasteiger partial charge in [-0.15, -0.1) is 10.2 Å². The van der Waals surface area contributed by atoms with Gasteiger partial charge in [-0.3, -0.25) is 0 Å². The van der Waals surface area contributed by atoms with Gasteiger partial charge in [0.25, 0.3) is 0 Å². The molecule has 1 heterocycles. The van der Waals surface area contributed by atoms with Crippen molar-refractivity contribution in [1.82, 2.24) is 10.2 Å². The van der Waals surface area contributed by atoms with Gasteiger partial charge >= 0.3 is 0 Å². The first-order chi connectivity index (χ1) is 6.25. The Labute approximate surface area is 81.3 Å². The minimum absolute atomic E-state index is 0.998. The molecule has 0 saturated heterocycles. The van der Waals surface area contributed by atoms with Crippen LogP contribution in [0.4, 0.5) is 0 Å². The summed E-state index contributed by atoms with van der Waals surface area (Å²) in [7, 11) is 0. The average Bonchev–Trinajstić information content (AvgIpc) is 2.53. The monoisotopic (exact) mass is 190 g/mol. The summed E-state index contributed by atoms with van der Waals surface area (Å²) in [4.78, 5) is 0. The molecule has 1 aromatic carbocycles. The number of aryl methyl sites for hydroxylation is 2. The normalized spacial score (nSPS) is 10.3. The van der Waals surface area contributed by atoms with Crippen LogP contribution in [-0.4, -0.2) is 10.2 Å². The molecule has 0 fully saturated rings. The van der Waals surface area contributed by atoms with E-state index in [4.69, 9.17) is 0 Å². The quantitative estimate of drug-likeness (QED) is 0.691. The van der Waals surface area contributed by atoms with Crippen LogP contribution in [0.15, 0.2) is 24.3 Å². The molecule has 0 aliphatic heterocycles. The zero-order valence-electron chi connectivity index (χ0n) is 7.61. The Morgan fingerprint density at radius 2 is 1.69 bits per heavy atom. The molecule has 66 valence electrons. The maximum absolute atomic E-state index is 4.08. The Balaban J connectivity index is 2.41. The summed E-state index contributed by atoms with van der Waals surface area (Å²) in [6.07, 6.45) is 0. The molecule has 2 aromatic rings. The molecule has 2 rings (SSSR count). The number of hydrogen-bond donors (Lipinski definition) is 0. The Kier molecular flexibility index (Phi) is 2.10. The van der Waals surface area contributed by atoms with Gasteiger partial charge in [0.2, 0.25) is 0 Å². The zero-order chi connectivity index (χ0) is 9.26. The predicted molar refractivity (Wildman–Crippen MR) is 54.8 cm³/mol. The van der Waals surface area contributed by atoms with Gasteiger partial charge in [0.05, 0.1) is 0 Å². The lowest BCUT2D eigenvalue weighted by Gasteiger charge is -1.94. The Hall–Kier alpha value is -1.22. The molecular formula is C10H10N2S. The van der Waals surface area contributed by atoms with E-state index >= 15 is 0 Å². The molecular weight excluding hydrogens is 180 g/mol. The number of hydrogen-bond acceptors (Lipinski definition) is 3. The van der Waals surface area contributed by atoms with Gasteiger partial charge in [0.15, 0.2) is 0 Å². The molecule has 0 unspecified atom stereocenters. The van der Waals surface area contributed by atoms with E-state index in [1.54, 1.807) is 11.3 Å². The maximum atomic E-state index is 4.08. The van der Waals surface area contributed by atoms with Crippen LogP contribution in [0.25, 0.3) is 10.6 Å². The number of rotatable bonds is 1. The first kappa shape index (κ1) is 8.38. The molecule has 1 aromatic heterocycles. The lowest BCUT2D eigenvalue weighted by molar-refractivity contribution is 1.05. The van der Waals surface area contributed by atoms with E-state index in [2.05, 4.69) is 41.4 Å². The molecule has 0 atom stereocenters. The minimum Gasteiger partial charge on any atom is -0.143 e. The summed E-state index contributed by atoms with van der Waals surface area (Å²) < 4.78 is 0. The highest BCUT2D eigenvalue weighted by atomic mass is 32.1. The fraction of sp³-hybridized carbons (Fsp3) is 0.200. The zero-order valence-corrected chi connectivity index (χ0v) is 8.43. The van der Waals surface area contributed by atoms with E-state index in [0.717, 1.165) is 15.6 Å². The summed E-state index contributed by atoms with van der Waals surface area (Å²) in [6, 6.07) is 8.34. The highest BCUT2D eigenvalue weighted by Gasteiger charge is 2.02. The van der Waals surface area contributed by atoms with Gasteiger partial charge in [-0.05, 0) is 13.8 Å². The SMILES string of the molecule is Cc1ccc(-c2nnc(C)s2)cc1.